The molecule has 2 heteroatoms. The fourth-order valence-electron chi connectivity index (χ4n) is 1.31. The van der Waals surface area contributed by atoms with Gasteiger partial charge in [-0.3, -0.25) is 0 Å². The summed E-state index contributed by atoms with van der Waals surface area (Å²) in [5, 5.41) is 0. The van der Waals surface area contributed by atoms with Crippen molar-refractivity contribution in [2.45, 2.75) is 26.2 Å². The fourth-order valence-corrected chi connectivity index (χ4v) is 1.66. The highest BCUT2D eigenvalue weighted by Crippen LogP contribution is 2.19. The molecule has 0 saturated carbocycles. The Balaban J connectivity index is 2.35. The molecule has 0 aliphatic rings. The highest BCUT2D eigenvalue weighted by Gasteiger charge is 2.05. The van der Waals surface area contributed by atoms with E-state index in [4.69, 9.17) is 4.42 Å². The second kappa shape index (κ2) is 5.28. The number of allylic oxidation sites excluding steroid dienone is 1. The maximum Gasteiger partial charge on any atom is 0.105 e. The van der Waals surface area contributed by atoms with Crippen molar-refractivity contribution < 1.29 is 4.42 Å². The molecule has 0 aliphatic heterocycles. The first-order valence-corrected chi connectivity index (χ1v) is 5.35. The summed E-state index contributed by atoms with van der Waals surface area (Å²) in [6, 6.07) is 2.03. The fraction of sp³-hybridized carbons (Fsp3) is 0.455. The van der Waals surface area contributed by atoms with E-state index in [0.29, 0.717) is 5.92 Å². The van der Waals surface area contributed by atoms with Gasteiger partial charge in [-0.2, -0.15) is 0 Å². The summed E-state index contributed by atoms with van der Waals surface area (Å²) < 4.78 is 6.37. The van der Waals surface area contributed by atoms with Crippen LogP contribution in [0.2, 0.25) is 0 Å². The van der Waals surface area contributed by atoms with Crippen LogP contribution in [0.1, 0.15) is 25.5 Å². The van der Waals surface area contributed by atoms with Crippen molar-refractivity contribution in [3.8, 4) is 0 Å². The van der Waals surface area contributed by atoms with Crippen LogP contribution < -0.4 is 0 Å². The zero-order valence-corrected chi connectivity index (χ0v) is 9.51. The summed E-state index contributed by atoms with van der Waals surface area (Å²) >= 11 is 3.36. The van der Waals surface area contributed by atoms with Crippen LogP contribution in [0.4, 0.5) is 0 Å². The molecule has 1 nitrogen and oxygen atoms in total. The van der Waals surface area contributed by atoms with Crippen LogP contribution in [0.5, 0.6) is 0 Å². The quantitative estimate of drug-likeness (QED) is 0.707. The van der Waals surface area contributed by atoms with Crippen LogP contribution in [0.15, 0.2) is 33.9 Å². The second-order valence-electron chi connectivity index (χ2n) is 3.41. The first-order valence-electron chi connectivity index (χ1n) is 4.56. The van der Waals surface area contributed by atoms with Crippen LogP contribution in [-0.2, 0) is 6.42 Å². The van der Waals surface area contributed by atoms with E-state index in [9.17, 15) is 0 Å². The Kier molecular flexibility index (Phi) is 4.29. The van der Waals surface area contributed by atoms with Crippen molar-refractivity contribution >= 4 is 15.9 Å². The molecule has 0 amide bonds. The van der Waals surface area contributed by atoms with Gasteiger partial charge in [-0.1, -0.05) is 13.0 Å². The molecule has 0 unspecified atom stereocenters. The highest BCUT2D eigenvalue weighted by atomic mass is 79.9. The van der Waals surface area contributed by atoms with Crippen molar-refractivity contribution in [1.82, 2.24) is 0 Å². The topological polar surface area (TPSA) is 13.1 Å². The predicted molar refractivity (Wildman–Crippen MR) is 58.7 cm³/mol. The van der Waals surface area contributed by atoms with E-state index in [1.54, 1.807) is 6.26 Å². The van der Waals surface area contributed by atoms with Gasteiger partial charge >= 0.3 is 0 Å². The normalized spacial score (nSPS) is 12.8. The van der Waals surface area contributed by atoms with E-state index in [-0.39, 0.29) is 0 Å². The highest BCUT2D eigenvalue weighted by molar-refractivity contribution is 9.10. The summed E-state index contributed by atoms with van der Waals surface area (Å²) in [4.78, 5) is 0. The van der Waals surface area contributed by atoms with Crippen molar-refractivity contribution in [2.75, 3.05) is 0 Å². The molecule has 1 atom stereocenters. The monoisotopic (exact) mass is 242 g/mol. The molecule has 0 saturated heterocycles. The largest absolute Gasteiger partial charge is 0.468 e. The van der Waals surface area contributed by atoms with Gasteiger partial charge in [0.15, 0.2) is 0 Å². The SMILES string of the molecule is C=CCC[C@H](C)Cc1cc(Br)co1. The number of furan rings is 1. The maximum atomic E-state index is 5.34. The zero-order chi connectivity index (χ0) is 9.68. The molecule has 0 bridgehead atoms. The molecule has 1 aromatic rings. The van der Waals surface area contributed by atoms with E-state index < -0.39 is 0 Å². The molecule has 0 N–H and O–H groups in total. The van der Waals surface area contributed by atoms with E-state index >= 15 is 0 Å². The summed E-state index contributed by atoms with van der Waals surface area (Å²) in [6.07, 6.45) is 6.98. The van der Waals surface area contributed by atoms with Gasteiger partial charge in [0, 0.05) is 6.42 Å². The molecule has 0 aliphatic carbocycles. The minimum absolute atomic E-state index is 0.663. The molecule has 1 heterocycles. The molecule has 1 rings (SSSR count). The molecule has 72 valence electrons. The standard InChI is InChI=1S/C11H15BrO/c1-3-4-5-9(2)6-11-7-10(12)8-13-11/h3,7-9H,1,4-6H2,2H3/t9-/m0/s1. The third-order valence-electron chi connectivity index (χ3n) is 2.03. The summed E-state index contributed by atoms with van der Waals surface area (Å²) in [5.41, 5.74) is 0. The van der Waals surface area contributed by atoms with Crippen LogP contribution in [0.3, 0.4) is 0 Å². The summed E-state index contributed by atoms with van der Waals surface area (Å²) in [6.45, 7) is 5.95. The summed E-state index contributed by atoms with van der Waals surface area (Å²) in [5.74, 6) is 1.72. The molecular weight excluding hydrogens is 228 g/mol. The van der Waals surface area contributed by atoms with Crippen molar-refractivity contribution in [3.05, 3.63) is 35.2 Å². The lowest BCUT2D eigenvalue weighted by Crippen LogP contribution is -1.97. The maximum absolute atomic E-state index is 5.34. The molecule has 0 fully saturated rings. The van der Waals surface area contributed by atoms with Crippen LogP contribution in [0.25, 0.3) is 0 Å². The van der Waals surface area contributed by atoms with Gasteiger partial charge in [-0.15, -0.1) is 6.58 Å². The Morgan fingerprint density at radius 2 is 2.46 bits per heavy atom. The summed E-state index contributed by atoms with van der Waals surface area (Å²) in [7, 11) is 0. The Morgan fingerprint density at radius 3 is 3.00 bits per heavy atom. The van der Waals surface area contributed by atoms with E-state index in [1.165, 1.54) is 6.42 Å². The van der Waals surface area contributed by atoms with Crippen molar-refractivity contribution in [1.29, 1.82) is 0 Å². The molecular formula is C11H15BrO. The number of hydrogen-bond acceptors (Lipinski definition) is 1. The van der Waals surface area contributed by atoms with E-state index in [0.717, 1.165) is 23.1 Å². The van der Waals surface area contributed by atoms with Gasteiger partial charge in [0.2, 0.25) is 0 Å². The molecule has 1 aromatic heterocycles. The van der Waals surface area contributed by atoms with Crippen molar-refractivity contribution in [3.63, 3.8) is 0 Å². The molecule has 13 heavy (non-hydrogen) atoms. The smallest absolute Gasteiger partial charge is 0.105 e. The average molecular weight is 243 g/mol. The number of hydrogen-bond donors (Lipinski definition) is 0. The van der Waals surface area contributed by atoms with Gasteiger partial charge in [0.25, 0.3) is 0 Å². The lowest BCUT2D eigenvalue weighted by atomic mass is 10.0. The predicted octanol–water partition coefficient (Wildman–Crippen LogP) is 4.19. The van der Waals surface area contributed by atoms with Gasteiger partial charge in [-0.05, 0) is 40.8 Å². The first kappa shape index (κ1) is 10.6. The molecule has 0 radical (unpaired) electrons. The Labute approximate surface area is 88.0 Å². The average Bonchev–Trinajstić information content (AvgIpc) is 2.48. The van der Waals surface area contributed by atoms with Gasteiger partial charge in [0.05, 0.1) is 4.47 Å². The first-order chi connectivity index (χ1) is 6.22. The van der Waals surface area contributed by atoms with Gasteiger partial charge in [0.1, 0.15) is 12.0 Å². The van der Waals surface area contributed by atoms with Crippen molar-refractivity contribution in [2.24, 2.45) is 5.92 Å². The minimum Gasteiger partial charge on any atom is -0.468 e. The number of halogens is 1. The van der Waals surface area contributed by atoms with E-state index in [1.807, 2.05) is 12.1 Å². The Bertz CT molecular complexity index is 265. The van der Waals surface area contributed by atoms with Gasteiger partial charge < -0.3 is 4.42 Å². The molecule has 0 spiro atoms. The minimum atomic E-state index is 0.663. The second-order valence-corrected chi connectivity index (χ2v) is 4.32. The van der Waals surface area contributed by atoms with Gasteiger partial charge in [-0.25, -0.2) is 0 Å². The lowest BCUT2D eigenvalue weighted by Gasteiger charge is -2.06. The Hall–Kier alpha value is -0.500. The lowest BCUT2D eigenvalue weighted by molar-refractivity contribution is 0.442. The third-order valence-corrected chi connectivity index (χ3v) is 2.45. The molecule has 0 aromatic carbocycles. The Morgan fingerprint density at radius 1 is 1.69 bits per heavy atom. The van der Waals surface area contributed by atoms with Crippen LogP contribution >= 0.6 is 15.9 Å². The number of rotatable bonds is 5. The third kappa shape index (κ3) is 3.81. The van der Waals surface area contributed by atoms with Crippen LogP contribution in [-0.4, -0.2) is 0 Å². The van der Waals surface area contributed by atoms with Crippen LogP contribution in [0, 0.1) is 5.92 Å². The van der Waals surface area contributed by atoms with E-state index in [2.05, 4.69) is 29.4 Å². The zero-order valence-electron chi connectivity index (χ0n) is 7.92.